The molecule has 1 atom stereocenters. The fourth-order valence-electron chi connectivity index (χ4n) is 3.63. The van der Waals surface area contributed by atoms with Crippen molar-refractivity contribution in [2.45, 2.75) is 44.6 Å². The van der Waals surface area contributed by atoms with E-state index in [1.54, 1.807) is 11.3 Å². The number of likely N-dealkylation sites (tertiary alicyclic amines) is 1. The largest absolute Gasteiger partial charge is 0.481 e. The minimum Gasteiger partial charge on any atom is -0.481 e. The molecule has 1 saturated heterocycles. The summed E-state index contributed by atoms with van der Waals surface area (Å²) in [7, 11) is 0. The van der Waals surface area contributed by atoms with Crippen molar-refractivity contribution in [1.29, 1.82) is 0 Å². The summed E-state index contributed by atoms with van der Waals surface area (Å²) >= 11 is 1.72. The maximum absolute atomic E-state index is 12.8. The molecule has 4 nitrogen and oxygen atoms in total. The van der Waals surface area contributed by atoms with E-state index >= 15 is 0 Å². The molecule has 21 heavy (non-hydrogen) atoms. The Balaban J connectivity index is 1.64. The van der Waals surface area contributed by atoms with Gasteiger partial charge in [0, 0.05) is 17.3 Å². The van der Waals surface area contributed by atoms with Crippen molar-refractivity contribution < 1.29 is 14.7 Å². The van der Waals surface area contributed by atoms with Gasteiger partial charge in [-0.1, -0.05) is 6.07 Å². The molecule has 2 fully saturated rings. The lowest BCUT2D eigenvalue weighted by Gasteiger charge is -2.31. The van der Waals surface area contributed by atoms with Crippen LogP contribution in [0.15, 0.2) is 17.5 Å². The van der Waals surface area contributed by atoms with Crippen LogP contribution in [0.1, 0.15) is 49.4 Å². The SMILES string of the molecule is O=C(O)C1CCC(C(=O)N2CCCC2c2cccs2)CC1. The first-order valence-corrected chi connectivity index (χ1v) is 8.61. The van der Waals surface area contributed by atoms with E-state index in [9.17, 15) is 9.59 Å². The molecule has 1 aliphatic heterocycles. The fraction of sp³-hybridized carbons (Fsp3) is 0.625. The van der Waals surface area contributed by atoms with Crippen LogP contribution < -0.4 is 0 Å². The Kier molecular flexibility index (Phi) is 4.29. The highest BCUT2D eigenvalue weighted by Gasteiger charge is 2.37. The predicted molar refractivity (Wildman–Crippen MR) is 81.1 cm³/mol. The lowest BCUT2D eigenvalue weighted by Crippen LogP contribution is -2.37. The van der Waals surface area contributed by atoms with Gasteiger partial charge in [0.25, 0.3) is 0 Å². The summed E-state index contributed by atoms with van der Waals surface area (Å²) in [5.74, 6) is -0.685. The van der Waals surface area contributed by atoms with E-state index in [0.29, 0.717) is 12.8 Å². The molecule has 3 rings (SSSR count). The third-order valence-corrected chi connectivity index (χ3v) is 5.81. The van der Waals surface area contributed by atoms with Crippen LogP contribution in [-0.4, -0.2) is 28.4 Å². The molecule has 2 aliphatic rings. The molecule has 1 amide bonds. The van der Waals surface area contributed by atoms with E-state index in [2.05, 4.69) is 11.4 Å². The van der Waals surface area contributed by atoms with Crippen molar-refractivity contribution in [3.8, 4) is 0 Å². The molecule has 2 heterocycles. The number of carboxylic acids is 1. The summed E-state index contributed by atoms with van der Waals surface area (Å²) in [5, 5.41) is 11.1. The fourth-order valence-corrected chi connectivity index (χ4v) is 4.50. The Morgan fingerprint density at radius 1 is 1.14 bits per heavy atom. The number of amides is 1. The van der Waals surface area contributed by atoms with Crippen LogP contribution in [0.5, 0.6) is 0 Å². The molecule has 0 radical (unpaired) electrons. The highest BCUT2D eigenvalue weighted by Crippen LogP contribution is 2.38. The van der Waals surface area contributed by atoms with Crippen molar-refractivity contribution in [3.05, 3.63) is 22.4 Å². The number of aliphatic carboxylic acids is 1. The number of carbonyl (C=O) groups is 2. The first-order valence-electron chi connectivity index (χ1n) is 7.73. The summed E-state index contributed by atoms with van der Waals surface area (Å²) in [5.41, 5.74) is 0. The Hall–Kier alpha value is -1.36. The summed E-state index contributed by atoms with van der Waals surface area (Å²) in [4.78, 5) is 27.1. The van der Waals surface area contributed by atoms with Crippen LogP contribution in [0, 0.1) is 11.8 Å². The zero-order valence-corrected chi connectivity index (χ0v) is 12.8. The van der Waals surface area contributed by atoms with Gasteiger partial charge >= 0.3 is 5.97 Å². The standard InChI is InChI=1S/C16H21NO3S/c18-15(11-5-7-12(8-6-11)16(19)20)17-9-1-3-13(17)14-4-2-10-21-14/h2,4,10-13H,1,3,5-9H2,(H,19,20). The molecule has 0 aromatic carbocycles. The number of hydrogen-bond acceptors (Lipinski definition) is 3. The minimum atomic E-state index is -0.710. The maximum atomic E-state index is 12.8. The van der Waals surface area contributed by atoms with Crippen LogP contribution in [0.25, 0.3) is 0 Å². The molecule has 114 valence electrons. The Bertz CT molecular complexity index is 506. The van der Waals surface area contributed by atoms with Gasteiger partial charge in [-0.15, -0.1) is 11.3 Å². The minimum absolute atomic E-state index is 0.0289. The number of carboxylic acid groups (broad SMARTS) is 1. The topological polar surface area (TPSA) is 57.6 Å². The number of carbonyl (C=O) groups excluding carboxylic acids is 1. The first kappa shape index (κ1) is 14.6. The second-order valence-electron chi connectivity index (χ2n) is 6.09. The van der Waals surface area contributed by atoms with E-state index in [0.717, 1.165) is 32.2 Å². The van der Waals surface area contributed by atoms with Crippen LogP contribution in [0.2, 0.25) is 0 Å². The van der Waals surface area contributed by atoms with Gasteiger partial charge < -0.3 is 10.0 Å². The average molecular weight is 307 g/mol. The van der Waals surface area contributed by atoms with Gasteiger partial charge in [0.1, 0.15) is 0 Å². The van der Waals surface area contributed by atoms with Gasteiger partial charge in [0.2, 0.25) is 5.91 Å². The summed E-state index contributed by atoms with van der Waals surface area (Å²) in [6, 6.07) is 4.40. The molecular weight excluding hydrogens is 286 g/mol. The highest BCUT2D eigenvalue weighted by molar-refractivity contribution is 7.10. The third-order valence-electron chi connectivity index (χ3n) is 4.83. The molecule has 1 unspecified atom stereocenters. The van der Waals surface area contributed by atoms with E-state index in [1.807, 2.05) is 11.0 Å². The number of rotatable bonds is 3. The molecule has 1 aromatic heterocycles. The molecule has 1 aliphatic carbocycles. The van der Waals surface area contributed by atoms with E-state index in [-0.39, 0.29) is 23.8 Å². The third kappa shape index (κ3) is 2.98. The van der Waals surface area contributed by atoms with E-state index < -0.39 is 5.97 Å². The summed E-state index contributed by atoms with van der Waals surface area (Å²) in [6.07, 6.45) is 4.86. The van der Waals surface area contributed by atoms with Crippen molar-refractivity contribution in [1.82, 2.24) is 4.90 Å². The second kappa shape index (κ2) is 6.18. The molecule has 5 heteroatoms. The van der Waals surface area contributed by atoms with Gasteiger partial charge in [-0.3, -0.25) is 9.59 Å². The van der Waals surface area contributed by atoms with Crippen molar-refractivity contribution in [3.63, 3.8) is 0 Å². The molecule has 0 bridgehead atoms. The zero-order valence-electron chi connectivity index (χ0n) is 12.0. The average Bonchev–Trinajstić information content (AvgIpc) is 3.17. The van der Waals surface area contributed by atoms with Crippen molar-refractivity contribution in [2.24, 2.45) is 11.8 Å². The van der Waals surface area contributed by atoms with E-state index in [1.165, 1.54) is 4.88 Å². The lowest BCUT2D eigenvalue weighted by molar-refractivity contribution is -0.146. The number of nitrogens with zero attached hydrogens (tertiary/aromatic N) is 1. The first-order chi connectivity index (χ1) is 10.2. The Morgan fingerprint density at radius 3 is 2.48 bits per heavy atom. The monoisotopic (exact) mass is 307 g/mol. The van der Waals surface area contributed by atoms with Gasteiger partial charge in [-0.05, 0) is 50.0 Å². The highest BCUT2D eigenvalue weighted by atomic mass is 32.1. The molecule has 0 spiro atoms. The molecule has 1 saturated carbocycles. The Labute approximate surface area is 128 Å². The second-order valence-corrected chi connectivity index (χ2v) is 7.07. The van der Waals surface area contributed by atoms with E-state index in [4.69, 9.17) is 5.11 Å². The molecule has 1 aromatic rings. The summed E-state index contributed by atoms with van der Waals surface area (Å²) < 4.78 is 0. The van der Waals surface area contributed by atoms with Crippen molar-refractivity contribution in [2.75, 3.05) is 6.54 Å². The summed E-state index contributed by atoms with van der Waals surface area (Å²) in [6.45, 7) is 0.847. The van der Waals surface area contributed by atoms with Gasteiger partial charge in [0.15, 0.2) is 0 Å². The van der Waals surface area contributed by atoms with Gasteiger partial charge in [-0.25, -0.2) is 0 Å². The maximum Gasteiger partial charge on any atom is 0.306 e. The predicted octanol–water partition coefficient (Wildman–Crippen LogP) is 3.30. The molecule has 1 N–H and O–H groups in total. The van der Waals surface area contributed by atoms with Gasteiger partial charge in [-0.2, -0.15) is 0 Å². The van der Waals surface area contributed by atoms with Crippen LogP contribution >= 0.6 is 11.3 Å². The van der Waals surface area contributed by atoms with Crippen LogP contribution in [-0.2, 0) is 9.59 Å². The normalized spacial score (nSPS) is 29.5. The van der Waals surface area contributed by atoms with Crippen LogP contribution in [0.4, 0.5) is 0 Å². The lowest BCUT2D eigenvalue weighted by atomic mass is 9.81. The number of thiophene rings is 1. The molecular formula is C16H21NO3S. The number of hydrogen-bond donors (Lipinski definition) is 1. The van der Waals surface area contributed by atoms with Gasteiger partial charge in [0.05, 0.1) is 12.0 Å². The quantitative estimate of drug-likeness (QED) is 0.932. The Morgan fingerprint density at radius 2 is 1.86 bits per heavy atom. The van der Waals surface area contributed by atoms with Crippen LogP contribution in [0.3, 0.4) is 0 Å². The smallest absolute Gasteiger partial charge is 0.306 e. The zero-order chi connectivity index (χ0) is 14.8. The van der Waals surface area contributed by atoms with Crippen molar-refractivity contribution >= 4 is 23.2 Å².